The fourth-order valence-corrected chi connectivity index (χ4v) is 2.97. The zero-order valence-electron chi connectivity index (χ0n) is 15.0. The van der Waals surface area contributed by atoms with Gasteiger partial charge in [-0.25, -0.2) is 0 Å². The van der Waals surface area contributed by atoms with Crippen molar-refractivity contribution >= 4 is 18.3 Å². The molecular weight excluding hydrogens is 308 g/mol. The zero-order valence-corrected chi connectivity index (χ0v) is 15.8. The van der Waals surface area contributed by atoms with Gasteiger partial charge >= 0.3 is 0 Å². The molecule has 130 valence electrons. The van der Waals surface area contributed by atoms with Crippen LogP contribution in [0.4, 0.5) is 0 Å². The van der Waals surface area contributed by atoms with Crippen molar-refractivity contribution in [3.8, 4) is 0 Å². The van der Waals surface area contributed by atoms with Gasteiger partial charge in [-0.05, 0) is 43.2 Å². The number of hydrogen-bond donors (Lipinski definition) is 2. The quantitative estimate of drug-likeness (QED) is 0.879. The smallest absolute Gasteiger partial charge is 0.239 e. The summed E-state index contributed by atoms with van der Waals surface area (Å²) in [5, 5.41) is 3.04. The van der Waals surface area contributed by atoms with E-state index in [0.717, 1.165) is 12.8 Å². The molecule has 0 spiro atoms. The summed E-state index contributed by atoms with van der Waals surface area (Å²) in [5.74, 6) is -0.0786. The number of carbonyl (C=O) groups is 1. The molecule has 0 unspecified atom stereocenters. The number of rotatable bonds is 4. The molecule has 0 aromatic heterocycles. The maximum absolute atomic E-state index is 12.0. The largest absolute Gasteiger partial charge is 0.354 e. The van der Waals surface area contributed by atoms with Crippen LogP contribution in [0.1, 0.15) is 65.0 Å². The maximum atomic E-state index is 12.0. The molecular formula is C19H31ClN2O. The van der Waals surface area contributed by atoms with E-state index < -0.39 is 5.54 Å². The molecule has 1 aromatic rings. The fraction of sp³-hybridized carbons (Fsp3) is 0.632. The van der Waals surface area contributed by atoms with Crippen LogP contribution < -0.4 is 11.1 Å². The van der Waals surface area contributed by atoms with Crippen LogP contribution in [-0.4, -0.2) is 18.0 Å². The van der Waals surface area contributed by atoms with Gasteiger partial charge in [0.1, 0.15) is 0 Å². The van der Waals surface area contributed by atoms with Crippen LogP contribution in [0, 0.1) is 0 Å². The zero-order chi connectivity index (χ0) is 16.6. The number of halogens is 1. The second kappa shape index (κ2) is 6.82. The molecule has 1 saturated carbocycles. The van der Waals surface area contributed by atoms with Crippen LogP contribution in [0.2, 0.25) is 0 Å². The predicted molar refractivity (Wildman–Crippen MR) is 99.2 cm³/mol. The number of nitrogens with two attached hydrogens (primary N) is 1. The van der Waals surface area contributed by atoms with Crippen molar-refractivity contribution in [2.24, 2.45) is 5.73 Å². The highest BCUT2D eigenvalue weighted by atomic mass is 35.5. The van der Waals surface area contributed by atoms with Gasteiger partial charge in [-0.2, -0.15) is 0 Å². The van der Waals surface area contributed by atoms with Crippen molar-refractivity contribution in [1.29, 1.82) is 0 Å². The Morgan fingerprint density at radius 2 is 1.65 bits per heavy atom. The third kappa shape index (κ3) is 4.48. The Bertz CT molecular complexity index is 534. The second-order valence-electron chi connectivity index (χ2n) is 8.37. The van der Waals surface area contributed by atoms with Gasteiger partial charge in [0.05, 0.1) is 5.54 Å². The molecule has 1 aromatic carbocycles. The van der Waals surface area contributed by atoms with Crippen LogP contribution in [0.5, 0.6) is 0 Å². The highest BCUT2D eigenvalue weighted by molar-refractivity contribution is 5.85. The molecule has 2 rings (SSSR count). The minimum atomic E-state index is -0.818. The molecule has 1 aliphatic rings. The first-order valence-corrected chi connectivity index (χ1v) is 8.23. The van der Waals surface area contributed by atoms with Gasteiger partial charge in [0, 0.05) is 12.0 Å². The van der Waals surface area contributed by atoms with Gasteiger partial charge in [0.15, 0.2) is 0 Å². The van der Waals surface area contributed by atoms with Gasteiger partial charge in [0.2, 0.25) is 5.91 Å². The summed E-state index contributed by atoms with van der Waals surface area (Å²) in [5.41, 5.74) is 7.99. The minimum absolute atomic E-state index is 0. The van der Waals surface area contributed by atoms with Gasteiger partial charge in [0.25, 0.3) is 0 Å². The van der Waals surface area contributed by atoms with Crippen LogP contribution in [-0.2, 0) is 15.6 Å². The Morgan fingerprint density at radius 3 is 2.00 bits per heavy atom. The normalized spacial score (nSPS) is 17.0. The topological polar surface area (TPSA) is 55.1 Å². The third-order valence-corrected chi connectivity index (χ3v) is 4.85. The number of nitrogens with one attached hydrogen (secondary N) is 1. The molecule has 0 atom stereocenters. The molecule has 0 heterocycles. The van der Waals surface area contributed by atoms with E-state index in [1.54, 1.807) is 13.8 Å². The molecule has 0 aliphatic heterocycles. The van der Waals surface area contributed by atoms with E-state index >= 15 is 0 Å². The molecule has 0 bridgehead atoms. The molecule has 1 fully saturated rings. The monoisotopic (exact) mass is 338 g/mol. The molecule has 3 N–H and O–H groups in total. The van der Waals surface area contributed by atoms with Crippen LogP contribution in [0.3, 0.4) is 0 Å². The van der Waals surface area contributed by atoms with Crippen molar-refractivity contribution in [3.63, 3.8) is 0 Å². The first-order chi connectivity index (χ1) is 10.0. The first kappa shape index (κ1) is 20.0. The summed E-state index contributed by atoms with van der Waals surface area (Å²) >= 11 is 0. The van der Waals surface area contributed by atoms with Crippen LogP contribution in [0.15, 0.2) is 24.3 Å². The summed E-state index contributed by atoms with van der Waals surface area (Å²) in [4.78, 5) is 12.0. The van der Waals surface area contributed by atoms with Crippen molar-refractivity contribution in [1.82, 2.24) is 5.32 Å². The van der Waals surface area contributed by atoms with Gasteiger partial charge in [-0.3, -0.25) is 4.79 Å². The second-order valence-corrected chi connectivity index (χ2v) is 8.37. The number of benzene rings is 1. The lowest BCUT2D eigenvalue weighted by Gasteiger charge is -2.43. The lowest BCUT2D eigenvalue weighted by atomic mass is 9.64. The standard InChI is InChI=1S/C19H30N2O.ClH/c1-17(2,3)14-7-9-15(10-8-14)19(11-6-12-19)13-21-16(22)18(4,5)20;/h7-10H,6,11-13,20H2,1-5H3,(H,21,22);1H. The average molecular weight is 339 g/mol. The highest BCUT2D eigenvalue weighted by Gasteiger charge is 2.39. The van der Waals surface area contributed by atoms with E-state index in [2.05, 4.69) is 50.4 Å². The molecule has 0 radical (unpaired) electrons. The molecule has 4 heteroatoms. The third-order valence-electron chi connectivity index (χ3n) is 4.85. The summed E-state index contributed by atoms with van der Waals surface area (Å²) < 4.78 is 0. The summed E-state index contributed by atoms with van der Waals surface area (Å²) in [7, 11) is 0. The van der Waals surface area contributed by atoms with Crippen molar-refractivity contribution in [2.75, 3.05) is 6.54 Å². The van der Waals surface area contributed by atoms with E-state index in [0.29, 0.717) is 6.54 Å². The molecule has 1 amide bonds. The van der Waals surface area contributed by atoms with Gasteiger partial charge in [-0.1, -0.05) is 51.5 Å². The highest BCUT2D eigenvalue weighted by Crippen LogP contribution is 2.43. The lowest BCUT2D eigenvalue weighted by Crippen LogP contribution is -2.53. The molecule has 1 aliphatic carbocycles. The average Bonchev–Trinajstić information content (AvgIpc) is 2.35. The van der Waals surface area contributed by atoms with E-state index in [1.807, 2.05) is 0 Å². The Labute approximate surface area is 146 Å². The van der Waals surface area contributed by atoms with Crippen LogP contribution >= 0.6 is 12.4 Å². The Morgan fingerprint density at radius 1 is 1.13 bits per heavy atom. The minimum Gasteiger partial charge on any atom is -0.354 e. The Hall–Kier alpha value is -1.06. The fourth-order valence-electron chi connectivity index (χ4n) is 2.97. The van der Waals surface area contributed by atoms with Gasteiger partial charge in [-0.15, -0.1) is 12.4 Å². The Kier molecular flexibility index (Phi) is 5.93. The van der Waals surface area contributed by atoms with E-state index in [4.69, 9.17) is 5.73 Å². The lowest BCUT2D eigenvalue weighted by molar-refractivity contribution is -0.125. The molecule has 3 nitrogen and oxygen atoms in total. The van der Waals surface area contributed by atoms with E-state index in [9.17, 15) is 4.79 Å². The first-order valence-electron chi connectivity index (χ1n) is 8.23. The number of hydrogen-bond acceptors (Lipinski definition) is 2. The summed E-state index contributed by atoms with van der Waals surface area (Å²) in [6, 6.07) is 8.92. The van der Waals surface area contributed by atoms with E-state index in [1.165, 1.54) is 17.5 Å². The van der Waals surface area contributed by atoms with Crippen molar-refractivity contribution in [2.45, 2.75) is 70.3 Å². The van der Waals surface area contributed by atoms with E-state index in [-0.39, 0.29) is 29.1 Å². The number of amides is 1. The molecule has 0 saturated heterocycles. The summed E-state index contributed by atoms with van der Waals surface area (Å²) in [6.07, 6.45) is 3.49. The predicted octanol–water partition coefficient (Wildman–Crippen LogP) is 3.68. The van der Waals surface area contributed by atoms with Crippen molar-refractivity contribution < 1.29 is 4.79 Å². The van der Waals surface area contributed by atoms with Crippen LogP contribution in [0.25, 0.3) is 0 Å². The van der Waals surface area contributed by atoms with Crippen molar-refractivity contribution in [3.05, 3.63) is 35.4 Å². The number of carbonyl (C=O) groups excluding carboxylic acids is 1. The summed E-state index contributed by atoms with van der Waals surface area (Å²) in [6.45, 7) is 10.9. The van der Waals surface area contributed by atoms with Gasteiger partial charge < -0.3 is 11.1 Å². The Balaban J connectivity index is 0.00000264. The molecule has 23 heavy (non-hydrogen) atoms. The maximum Gasteiger partial charge on any atom is 0.239 e. The SMILES string of the molecule is CC(C)(N)C(=O)NCC1(c2ccc(C(C)(C)C)cc2)CCC1.Cl.